The molecule has 0 heterocycles. The maximum atomic E-state index is 11.5. The van der Waals surface area contributed by atoms with Gasteiger partial charge in [0, 0.05) is 6.04 Å². The van der Waals surface area contributed by atoms with Crippen LogP contribution in [0.1, 0.15) is 31.4 Å². The quantitative estimate of drug-likeness (QED) is 0.782. The molecule has 0 saturated heterocycles. The SMILES string of the molecule is CC[C@H](C)NC(=O)COC(=O)COc1cc(C)cc(C)c1. The van der Waals surface area contributed by atoms with Crippen molar-refractivity contribution in [1.29, 1.82) is 0 Å². The van der Waals surface area contributed by atoms with E-state index in [4.69, 9.17) is 9.47 Å². The average molecular weight is 293 g/mol. The van der Waals surface area contributed by atoms with Crippen LogP contribution in [0.5, 0.6) is 5.75 Å². The Morgan fingerprint density at radius 1 is 1.14 bits per heavy atom. The molecule has 1 amide bonds. The summed E-state index contributed by atoms with van der Waals surface area (Å²) in [6.07, 6.45) is 0.829. The molecule has 1 atom stereocenters. The van der Waals surface area contributed by atoms with Crippen molar-refractivity contribution in [1.82, 2.24) is 5.32 Å². The van der Waals surface area contributed by atoms with Gasteiger partial charge in [-0.25, -0.2) is 4.79 Å². The molecule has 1 rings (SSSR count). The summed E-state index contributed by atoms with van der Waals surface area (Å²) >= 11 is 0. The molecule has 0 radical (unpaired) electrons. The van der Waals surface area contributed by atoms with Gasteiger partial charge in [0.15, 0.2) is 13.2 Å². The van der Waals surface area contributed by atoms with Crippen LogP contribution in [0.2, 0.25) is 0 Å². The molecule has 0 unspecified atom stereocenters. The van der Waals surface area contributed by atoms with Crippen LogP contribution >= 0.6 is 0 Å². The first-order valence-corrected chi connectivity index (χ1v) is 7.06. The molecule has 0 aromatic heterocycles. The Bertz CT molecular complexity index is 479. The molecule has 1 aromatic carbocycles. The molecular weight excluding hydrogens is 270 g/mol. The third kappa shape index (κ3) is 6.79. The van der Waals surface area contributed by atoms with Gasteiger partial charge < -0.3 is 14.8 Å². The van der Waals surface area contributed by atoms with Crippen molar-refractivity contribution in [3.05, 3.63) is 29.3 Å². The Balaban J connectivity index is 2.32. The number of amides is 1. The third-order valence-corrected chi connectivity index (χ3v) is 2.94. The minimum atomic E-state index is -0.562. The Kier molecular flexibility index (Phi) is 6.72. The Morgan fingerprint density at radius 3 is 2.33 bits per heavy atom. The first-order chi connectivity index (χ1) is 9.90. The lowest BCUT2D eigenvalue weighted by Gasteiger charge is -2.12. The molecule has 0 bridgehead atoms. The number of benzene rings is 1. The molecule has 0 spiro atoms. The summed E-state index contributed by atoms with van der Waals surface area (Å²) in [6, 6.07) is 5.78. The van der Waals surface area contributed by atoms with Gasteiger partial charge in [-0.3, -0.25) is 4.79 Å². The maximum absolute atomic E-state index is 11.5. The van der Waals surface area contributed by atoms with Crippen molar-refractivity contribution in [2.75, 3.05) is 13.2 Å². The fourth-order valence-corrected chi connectivity index (χ4v) is 1.76. The van der Waals surface area contributed by atoms with E-state index in [0.29, 0.717) is 5.75 Å². The second kappa shape index (κ2) is 8.29. The minimum Gasteiger partial charge on any atom is -0.482 e. The van der Waals surface area contributed by atoms with Crippen molar-refractivity contribution < 1.29 is 19.1 Å². The zero-order valence-corrected chi connectivity index (χ0v) is 13.1. The van der Waals surface area contributed by atoms with Crippen LogP contribution in [0.15, 0.2) is 18.2 Å². The Labute approximate surface area is 125 Å². The summed E-state index contributed by atoms with van der Waals surface area (Å²) in [7, 11) is 0. The van der Waals surface area contributed by atoms with Crippen LogP contribution in [-0.4, -0.2) is 31.1 Å². The number of carbonyl (C=O) groups is 2. The molecule has 5 nitrogen and oxygen atoms in total. The van der Waals surface area contributed by atoms with E-state index < -0.39 is 5.97 Å². The summed E-state index contributed by atoms with van der Waals surface area (Å²) in [5.41, 5.74) is 2.12. The van der Waals surface area contributed by atoms with Gasteiger partial charge in [-0.15, -0.1) is 0 Å². The molecule has 0 saturated carbocycles. The first-order valence-electron chi connectivity index (χ1n) is 7.06. The summed E-state index contributed by atoms with van der Waals surface area (Å²) in [5.74, 6) is -0.244. The molecule has 21 heavy (non-hydrogen) atoms. The van der Waals surface area contributed by atoms with E-state index in [1.54, 1.807) is 0 Å². The van der Waals surface area contributed by atoms with Crippen molar-refractivity contribution >= 4 is 11.9 Å². The van der Waals surface area contributed by atoms with Gasteiger partial charge >= 0.3 is 5.97 Å². The predicted octanol–water partition coefficient (Wildman–Crippen LogP) is 2.14. The molecule has 5 heteroatoms. The van der Waals surface area contributed by atoms with Gasteiger partial charge in [0.25, 0.3) is 5.91 Å². The maximum Gasteiger partial charge on any atom is 0.344 e. The second-order valence-corrected chi connectivity index (χ2v) is 5.15. The molecule has 0 fully saturated rings. The van der Waals surface area contributed by atoms with E-state index in [9.17, 15) is 9.59 Å². The van der Waals surface area contributed by atoms with Gasteiger partial charge in [-0.05, 0) is 50.5 Å². The van der Waals surface area contributed by atoms with Crippen molar-refractivity contribution in [3.63, 3.8) is 0 Å². The fourth-order valence-electron chi connectivity index (χ4n) is 1.76. The standard InChI is InChI=1S/C16H23NO4/c1-5-13(4)17-15(18)9-21-16(19)10-20-14-7-11(2)6-12(3)8-14/h6-8,13H,5,9-10H2,1-4H3,(H,17,18)/t13-/m0/s1. The number of aryl methyl sites for hydroxylation is 2. The number of rotatable bonds is 7. The number of hydrogen-bond donors (Lipinski definition) is 1. The van der Waals surface area contributed by atoms with Crippen LogP contribution < -0.4 is 10.1 Å². The Morgan fingerprint density at radius 2 is 1.76 bits per heavy atom. The van der Waals surface area contributed by atoms with Crippen LogP contribution in [0.3, 0.4) is 0 Å². The third-order valence-electron chi connectivity index (χ3n) is 2.94. The number of ether oxygens (including phenoxy) is 2. The second-order valence-electron chi connectivity index (χ2n) is 5.15. The highest BCUT2D eigenvalue weighted by molar-refractivity contribution is 5.81. The molecule has 116 valence electrons. The molecule has 0 aliphatic rings. The summed E-state index contributed by atoms with van der Waals surface area (Å²) < 4.78 is 10.2. The van der Waals surface area contributed by atoms with Crippen LogP contribution in [0.4, 0.5) is 0 Å². The predicted molar refractivity (Wildman–Crippen MR) is 80.3 cm³/mol. The van der Waals surface area contributed by atoms with Crippen LogP contribution in [0, 0.1) is 13.8 Å². The molecular formula is C16H23NO4. The number of hydrogen-bond acceptors (Lipinski definition) is 4. The number of carbonyl (C=O) groups excluding carboxylic acids is 2. The van der Waals surface area contributed by atoms with Gasteiger partial charge in [-0.1, -0.05) is 13.0 Å². The highest BCUT2D eigenvalue weighted by Crippen LogP contribution is 2.15. The number of nitrogens with one attached hydrogen (secondary N) is 1. The summed E-state index contributed by atoms with van der Waals surface area (Å²) in [5, 5.41) is 2.72. The van der Waals surface area contributed by atoms with Gasteiger partial charge in [-0.2, -0.15) is 0 Å². The smallest absolute Gasteiger partial charge is 0.344 e. The lowest BCUT2D eigenvalue weighted by atomic mass is 10.1. The molecule has 0 aliphatic carbocycles. The fraction of sp³-hybridized carbons (Fsp3) is 0.500. The lowest BCUT2D eigenvalue weighted by Crippen LogP contribution is -2.35. The van der Waals surface area contributed by atoms with Crippen molar-refractivity contribution in [2.45, 2.75) is 40.2 Å². The topological polar surface area (TPSA) is 64.6 Å². The van der Waals surface area contributed by atoms with Gasteiger partial charge in [0.05, 0.1) is 0 Å². The summed E-state index contributed by atoms with van der Waals surface area (Å²) in [4.78, 5) is 23.0. The average Bonchev–Trinajstić information content (AvgIpc) is 2.41. The van der Waals surface area contributed by atoms with Gasteiger partial charge in [0.2, 0.25) is 0 Å². The highest BCUT2D eigenvalue weighted by Gasteiger charge is 2.10. The number of esters is 1. The molecule has 1 N–H and O–H groups in total. The van der Waals surface area contributed by atoms with Crippen LogP contribution in [-0.2, 0) is 14.3 Å². The highest BCUT2D eigenvalue weighted by atomic mass is 16.6. The Hall–Kier alpha value is -2.04. The molecule has 1 aromatic rings. The molecule has 0 aliphatic heterocycles. The van der Waals surface area contributed by atoms with Crippen LogP contribution in [0.25, 0.3) is 0 Å². The van der Waals surface area contributed by atoms with E-state index in [1.807, 2.05) is 45.9 Å². The van der Waals surface area contributed by atoms with E-state index in [-0.39, 0.29) is 25.2 Å². The van der Waals surface area contributed by atoms with E-state index in [2.05, 4.69) is 5.32 Å². The summed E-state index contributed by atoms with van der Waals surface area (Å²) in [6.45, 7) is 7.28. The monoisotopic (exact) mass is 293 g/mol. The van der Waals surface area contributed by atoms with E-state index in [1.165, 1.54) is 0 Å². The van der Waals surface area contributed by atoms with Crippen molar-refractivity contribution in [3.8, 4) is 5.75 Å². The van der Waals surface area contributed by atoms with E-state index in [0.717, 1.165) is 17.5 Å². The normalized spacial score (nSPS) is 11.6. The lowest BCUT2D eigenvalue weighted by molar-refractivity contribution is -0.150. The van der Waals surface area contributed by atoms with Gasteiger partial charge in [0.1, 0.15) is 5.75 Å². The first kappa shape index (κ1) is 17.0. The zero-order chi connectivity index (χ0) is 15.8. The largest absolute Gasteiger partial charge is 0.482 e. The van der Waals surface area contributed by atoms with Crippen molar-refractivity contribution in [2.24, 2.45) is 0 Å². The zero-order valence-electron chi connectivity index (χ0n) is 13.1. The minimum absolute atomic E-state index is 0.0720. The van der Waals surface area contributed by atoms with E-state index >= 15 is 0 Å².